The van der Waals surface area contributed by atoms with E-state index >= 15 is 0 Å². The summed E-state index contributed by atoms with van der Waals surface area (Å²) in [5.41, 5.74) is 0. The lowest BCUT2D eigenvalue weighted by Crippen LogP contribution is -2.39. The largest absolute Gasteiger partial charge is 0.396 e. The Hall–Kier alpha value is -0.200. The van der Waals surface area contributed by atoms with Crippen molar-refractivity contribution in [1.82, 2.24) is 4.90 Å². The summed E-state index contributed by atoms with van der Waals surface area (Å²) in [6.07, 6.45) is -2.23. The second-order valence-corrected chi connectivity index (χ2v) is 4.32. The van der Waals surface area contributed by atoms with Gasteiger partial charge in [-0.1, -0.05) is 0 Å². The molecule has 14 heavy (non-hydrogen) atoms. The Morgan fingerprint density at radius 2 is 1.86 bits per heavy atom. The summed E-state index contributed by atoms with van der Waals surface area (Å²) in [7, 11) is 0. The summed E-state index contributed by atoms with van der Waals surface area (Å²) in [6, 6.07) is -0.413. The van der Waals surface area contributed by atoms with Crippen LogP contribution in [0.1, 0.15) is 6.92 Å². The van der Waals surface area contributed by atoms with Gasteiger partial charge >= 0.3 is 0 Å². The fraction of sp³-hybridized carbons (Fsp3) is 1.00. The minimum absolute atomic E-state index is 0.107. The van der Waals surface area contributed by atoms with Gasteiger partial charge in [-0.2, -0.15) is 0 Å². The molecular weight excluding hydrogens is 186 g/mol. The summed E-state index contributed by atoms with van der Waals surface area (Å²) in [5, 5.41) is 38.1. The van der Waals surface area contributed by atoms with Gasteiger partial charge in [-0.3, -0.25) is 4.90 Å². The predicted octanol–water partition coefficient (Wildman–Crippen LogP) is -2.24. The molecule has 2 heterocycles. The minimum Gasteiger partial charge on any atom is -0.396 e. The standard InChI is InChI=1S/C9H17NO4/c1-4-8(13)5(3-11)7-9(14)6(12)2-10(4)7/h4-9,11-14H,2-3H2,1H3/t4-,5+,6-,7-,8+,9+/m0/s1. The summed E-state index contributed by atoms with van der Waals surface area (Å²) in [4.78, 5) is 1.88. The lowest BCUT2D eigenvalue weighted by Gasteiger charge is -2.22. The van der Waals surface area contributed by atoms with E-state index in [2.05, 4.69) is 0 Å². The zero-order chi connectivity index (χ0) is 10.5. The summed E-state index contributed by atoms with van der Waals surface area (Å²) >= 11 is 0. The minimum atomic E-state index is -0.855. The molecule has 2 fully saturated rings. The second kappa shape index (κ2) is 3.43. The Bertz CT molecular complexity index is 223. The van der Waals surface area contributed by atoms with Crippen molar-refractivity contribution in [2.75, 3.05) is 13.2 Å². The van der Waals surface area contributed by atoms with Gasteiger partial charge < -0.3 is 20.4 Å². The van der Waals surface area contributed by atoms with Gasteiger partial charge in [-0.15, -0.1) is 0 Å². The molecule has 6 atom stereocenters. The number of nitrogens with zero attached hydrogens (tertiary/aromatic N) is 1. The van der Waals surface area contributed by atoms with E-state index in [4.69, 9.17) is 5.11 Å². The first-order valence-electron chi connectivity index (χ1n) is 4.98. The van der Waals surface area contributed by atoms with E-state index in [1.54, 1.807) is 0 Å². The fourth-order valence-corrected chi connectivity index (χ4v) is 2.78. The third kappa shape index (κ3) is 1.20. The Morgan fingerprint density at radius 3 is 2.43 bits per heavy atom. The van der Waals surface area contributed by atoms with Crippen LogP contribution in [-0.4, -0.2) is 68.9 Å². The highest BCUT2D eigenvalue weighted by molar-refractivity contribution is 5.07. The van der Waals surface area contributed by atoms with E-state index < -0.39 is 18.3 Å². The first-order chi connectivity index (χ1) is 6.57. The Morgan fingerprint density at radius 1 is 1.21 bits per heavy atom. The van der Waals surface area contributed by atoms with Crippen molar-refractivity contribution < 1.29 is 20.4 Å². The van der Waals surface area contributed by atoms with E-state index in [1.807, 2.05) is 11.8 Å². The van der Waals surface area contributed by atoms with E-state index in [1.165, 1.54) is 0 Å². The third-order valence-electron chi connectivity index (χ3n) is 3.63. The van der Waals surface area contributed by atoms with Crippen LogP contribution >= 0.6 is 0 Å². The maximum Gasteiger partial charge on any atom is 0.0971 e. The zero-order valence-electron chi connectivity index (χ0n) is 8.11. The molecule has 0 aliphatic carbocycles. The molecule has 0 bridgehead atoms. The van der Waals surface area contributed by atoms with Crippen LogP contribution in [-0.2, 0) is 0 Å². The van der Waals surface area contributed by atoms with Gasteiger partial charge in [0.05, 0.1) is 24.9 Å². The van der Waals surface area contributed by atoms with Crippen LogP contribution in [0.3, 0.4) is 0 Å². The van der Waals surface area contributed by atoms with E-state index in [0.29, 0.717) is 6.54 Å². The van der Waals surface area contributed by atoms with E-state index in [9.17, 15) is 15.3 Å². The Kier molecular flexibility index (Phi) is 2.53. The van der Waals surface area contributed by atoms with Crippen molar-refractivity contribution in [1.29, 1.82) is 0 Å². The third-order valence-corrected chi connectivity index (χ3v) is 3.63. The molecule has 0 unspecified atom stereocenters. The van der Waals surface area contributed by atoms with Gasteiger partial charge in [0.2, 0.25) is 0 Å². The molecule has 2 saturated heterocycles. The molecule has 0 saturated carbocycles. The van der Waals surface area contributed by atoms with Gasteiger partial charge in [-0.25, -0.2) is 0 Å². The van der Waals surface area contributed by atoms with Crippen molar-refractivity contribution >= 4 is 0 Å². The fourth-order valence-electron chi connectivity index (χ4n) is 2.78. The Balaban J connectivity index is 2.22. The molecule has 2 aliphatic rings. The highest BCUT2D eigenvalue weighted by Gasteiger charge is 2.54. The number of hydrogen-bond acceptors (Lipinski definition) is 5. The molecule has 0 spiro atoms. The lowest BCUT2D eigenvalue weighted by molar-refractivity contribution is 0.00267. The second-order valence-electron chi connectivity index (χ2n) is 4.32. The Labute approximate surface area is 82.6 Å². The van der Waals surface area contributed by atoms with Crippen molar-refractivity contribution in [3.63, 3.8) is 0 Å². The highest BCUT2D eigenvalue weighted by Crippen LogP contribution is 2.37. The van der Waals surface area contributed by atoms with Crippen LogP contribution in [0.5, 0.6) is 0 Å². The summed E-state index contributed by atoms with van der Waals surface area (Å²) in [6.45, 7) is 2.06. The normalized spacial score (nSPS) is 53.8. The first kappa shape index (κ1) is 10.3. The van der Waals surface area contributed by atoms with E-state index in [0.717, 1.165) is 0 Å². The van der Waals surface area contributed by atoms with Crippen molar-refractivity contribution in [2.24, 2.45) is 5.92 Å². The smallest absolute Gasteiger partial charge is 0.0971 e. The monoisotopic (exact) mass is 203 g/mol. The molecular formula is C9H17NO4. The zero-order valence-corrected chi connectivity index (χ0v) is 8.11. The van der Waals surface area contributed by atoms with Gasteiger partial charge in [0.25, 0.3) is 0 Å². The quantitative estimate of drug-likeness (QED) is 0.387. The highest BCUT2D eigenvalue weighted by atomic mass is 16.3. The maximum atomic E-state index is 9.77. The van der Waals surface area contributed by atoms with E-state index in [-0.39, 0.29) is 24.6 Å². The SMILES string of the molecule is C[C@H]1[C@@H](O)[C@H](CO)[C@H]2[C@H](O)[C@@H](O)CN21. The summed E-state index contributed by atoms with van der Waals surface area (Å²) < 4.78 is 0. The lowest BCUT2D eigenvalue weighted by atomic mass is 9.93. The average Bonchev–Trinajstić information content (AvgIpc) is 2.56. The predicted molar refractivity (Wildman–Crippen MR) is 48.6 cm³/mol. The average molecular weight is 203 g/mol. The van der Waals surface area contributed by atoms with Gasteiger partial charge in [0.15, 0.2) is 0 Å². The van der Waals surface area contributed by atoms with Crippen LogP contribution in [0.2, 0.25) is 0 Å². The van der Waals surface area contributed by atoms with Crippen molar-refractivity contribution in [3.8, 4) is 0 Å². The van der Waals surface area contributed by atoms with Crippen LogP contribution in [0.4, 0.5) is 0 Å². The van der Waals surface area contributed by atoms with Crippen LogP contribution in [0.15, 0.2) is 0 Å². The van der Waals surface area contributed by atoms with Gasteiger partial charge in [0.1, 0.15) is 0 Å². The molecule has 82 valence electrons. The molecule has 0 aromatic rings. The molecule has 0 aromatic carbocycles. The van der Waals surface area contributed by atoms with Crippen LogP contribution in [0.25, 0.3) is 0 Å². The molecule has 4 N–H and O–H groups in total. The number of hydrogen-bond donors (Lipinski definition) is 4. The number of aliphatic hydroxyl groups excluding tert-OH is 4. The number of fused-ring (bicyclic) bond motifs is 1. The molecule has 2 rings (SSSR count). The molecule has 0 radical (unpaired) electrons. The molecule has 5 nitrogen and oxygen atoms in total. The number of rotatable bonds is 1. The molecule has 5 heteroatoms. The van der Waals surface area contributed by atoms with Gasteiger partial charge in [0, 0.05) is 24.5 Å². The molecule has 0 amide bonds. The molecule has 2 aliphatic heterocycles. The van der Waals surface area contributed by atoms with Crippen LogP contribution in [0, 0.1) is 5.92 Å². The van der Waals surface area contributed by atoms with Gasteiger partial charge in [-0.05, 0) is 6.92 Å². The van der Waals surface area contributed by atoms with Crippen LogP contribution < -0.4 is 0 Å². The molecule has 0 aromatic heterocycles. The number of aliphatic hydroxyl groups is 4. The first-order valence-corrected chi connectivity index (χ1v) is 4.98. The van der Waals surface area contributed by atoms with Crippen molar-refractivity contribution in [3.05, 3.63) is 0 Å². The van der Waals surface area contributed by atoms with Crippen molar-refractivity contribution in [2.45, 2.75) is 37.3 Å². The maximum absolute atomic E-state index is 9.77. The summed E-state index contributed by atoms with van der Waals surface area (Å²) in [5.74, 6) is -0.350. The topological polar surface area (TPSA) is 84.2 Å².